The zero-order valence-corrected chi connectivity index (χ0v) is 23.0. The summed E-state index contributed by atoms with van der Waals surface area (Å²) < 4.78 is 11.5. The Morgan fingerprint density at radius 3 is 2.38 bits per heavy atom. The lowest BCUT2D eigenvalue weighted by atomic mass is 9.95. The molecule has 4 heteroatoms. The van der Waals surface area contributed by atoms with Crippen molar-refractivity contribution < 1.29 is 14.3 Å². The summed E-state index contributed by atoms with van der Waals surface area (Å²) in [5, 5.41) is 0. The van der Waals surface area contributed by atoms with E-state index < -0.39 is 0 Å². The molecule has 1 atom stereocenters. The number of hydrogen-bond acceptors (Lipinski definition) is 4. The highest BCUT2D eigenvalue weighted by Crippen LogP contribution is 2.33. The second-order valence-electron chi connectivity index (χ2n) is 10.00. The van der Waals surface area contributed by atoms with Gasteiger partial charge in [0, 0.05) is 11.3 Å². The number of methoxy groups -OCH3 is 1. The Labute approximate surface area is 225 Å². The predicted molar refractivity (Wildman–Crippen MR) is 154 cm³/mol. The average molecular weight is 513 g/mol. The molecule has 3 aromatic carbocycles. The van der Waals surface area contributed by atoms with Gasteiger partial charge >= 0.3 is 0 Å². The topological polar surface area (TPSA) is 35.5 Å². The Hall–Kier alpha value is -3.37. The molecule has 0 fully saturated rings. The molecule has 0 spiro atoms. The van der Waals surface area contributed by atoms with Crippen LogP contribution < -0.4 is 9.47 Å². The molecule has 37 heavy (non-hydrogen) atoms. The van der Waals surface area contributed by atoms with Gasteiger partial charge < -0.3 is 9.47 Å². The molecule has 0 N–H and O–H groups in total. The fraction of sp³-hybridized carbons (Fsp3) is 0.303. The van der Waals surface area contributed by atoms with Crippen molar-refractivity contribution in [3.8, 4) is 21.9 Å². The molecule has 0 aliphatic carbocycles. The highest BCUT2D eigenvalue weighted by molar-refractivity contribution is 7.17. The van der Waals surface area contributed by atoms with Crippen LogP contribution in [-0.2, 0) is 6.42 Å². The van der Waals surface area contributed by atoms with E-state index in [4.69, 9.17) is 9.47 Å². The van der Waals surface area contributed by atoms with Gasteiger partial charge in [-0.3, -0.25) is 4.79 Å². The van der Waals surface area contributed by atoms with Crippen LogP contribution in [0, 0.1) is 5.92 Å². The second-order valence-corrected chi connectivity index (χ2v) is 11.1. The number of ketones is 1. The fourth-order valence-electron chi connectivity index (χ4n) is 4.34. The second kappa shape index (κ2) is 12.7. The highest BCUT2D eigenvalue weighted by atomic mass is 32.1. The van der Waals surface area contributed by atoms with Crippen LogP contribution >= 0.6 is 11.3 Å². The Morgan fingerprint density at radius 1 is 0.838 bits per heavy atom. The molecule has 0 saturated heterocycles. The van der Waals surface area contributed by atoms with E-state index in [0.29, 0.717) is 18.9 Å². The summed E-state index contributed by atoms with van der Waals surface area (Å²) in [6.07, 6.45) is 2.32. The van der Waals surface area contributed by atoms with Crippen LogP contribution in [-0.4, -0.2) is 19.5 Å². The maximum Gasteiger partial charge on any atom is 0.173 e. The van der Waals surface area contributed by atoms with Crippen LogP contribution in [0.1, 0.15) is 65.9 Å². The number of rotatable bonds is 12. The summed E-state index contributed by atoms with van der Waals surface area (Å²) in [5.41, 5.74) is 4.73. The summed E-state index contributed by atoms with van der Waals surface area (Å²) in [4.78, 5) is 14.9. The third kappa shape index (κ3) is 7.33. The van der Waals surface area contributed by atoms with Gasteiger partial charge in [-0.15, -0.1) is 11.3 Å². The van der Waals surface area contributed by atoms with Gasteiger partial charge in [0.1, 0.15) is 0 Å². The molecule has 0 aliphatic rings. The zero-order chi connectivity index (χ0) is 26.2. The lowest BCUT2D eigenvalue weighted by Crippen LogP contribution is -2.03. The first kappa shape index (κ1) is 26.7. The monoisotopic (exact) mass is 512 g/mol. The van der Waals surface area contributed by atoms with E-state index in [-0.39, 0.29) is 11.7 Å². The Balaban J connectivity index is 1.44. The first-order chi connectivity index (χ1) is 17.9. The predicted octanol–water partition coefficient (Wildman–Crippen LogP) is 8.82. The molecule has 192 valence electrons. The van der Waals surface area contributed by atoms with Crippen LogP contribution in [0.2, 0.25) is 0 Å². The summed E-state index contributed by atoms with van der Waals surface area (Å²) in [5.74, 6) is 2.55. The molecule has 0 bridgehead atoms. The van der Waals surface area contributed by atoms with Gasteiger partial charge in [0.2, 0.25) is 0 Å². The van der Waals surface area contributed by atoms with Gasteiger partial charge in [-0.2, -0.15) is 0 Å². The van der Waals surface area contributed by atoms with Crippen LogP contribution in [0.15, 0.2) is 84.9 Å². The lowest BCUT2D eigenvalue weighted by molar-refractivity contribution is 0.0979. The molecular formula is C33H36O3S. The molecule has 0 amide bonds. The van der Waals surface area contributed by atoms with E-state index in [9.17, 15) is 4.79 Å². The number of hydrogen-bond donors (Lipinski definition) is 0. The summed E-state index contributed by atoms with van der Waals surface area (Å²) >= 11 is 1.58. The number of carbonyl (C=O) groups is 1. The maximum absolute atomic E-state index is 13.0. The van der Waals surface area contributed by atoms with Crippen LogP contribution in [0.4, 0.5) is 0 Å². The van der Waals surface area contributed by atoms with Crippen molar-refractivity contribution in [3.05, 3.63) is 106 Å². The van der Waals surface area contributed by atoms with Gasteiger partial charge in [-0.25, -0.2) is 0 Å². The Bertz CT molecular complexity index is 1310. The summed E-state index contributed by atoms with van der Waals surface area (Å²) in [6.45, 7) is 7.19. The van der Waals surface area contributed by atoms with Crippen molar-refractivity contribution in [1.29, 1.82) is 0 Å². The third-order valence-corrected chi connectivity index (χ3v) is 7.72. The molecule has 1 heterocycles. The SMILES string of the molecule is COc1ccc(Cc2cccc(-c3ccc(C(=O)C[C@H](C)c4ccccc4)s3)c2)cc1OCCC(C)C. The normalized spacial score (nSPS) is 11.9. The minimum absolute atomic E-state index is 0.200. The largest absolute Gasteiger partial charge is 0.493 e. The smallest absolute Gasteiger partial charge is 0.173 e. The van der Waals surface area contributed by atoms with Crippen LogP contribution in [0.5, 0.6) is 11.5 Å². The minimum Gasteiger partial charge on any atom is -0.493 e. The van der Waals surface area contributed by atoms with E-state index in [1.807, 2.05) is 30.3 Å². The van der Waals surface area contributed by atoms with Crippen LogP contribution in [0.3, 0.4) is 0 Å². The zero-order valence-electron chi connectivity index (χ0n) is 22.2. The van der Waals surface area contributed by atoms with E-state index in [1.54, 1.807) is 18.4 Å². The molecule has 0 saturated carbocycles. The third-order valence-electron chi connectivity index (χ3n) is 6.54. The maximum atomic E-state index is 13.0. The molecule has 3 nitrogen and oxygen atoms in total. The van der Waals surface area contributed by atoms with Gasteiger partial charge in [0.25, 0.3) is 0 Å². The number of Topliss-reactive ketones (excluding diaryl/α,β-unsaturated/α-hetero) is 1. The Morgan fingerprint density at radius 2 is 1.62 bits per heavy atom. The molecule has 4 aromatic rings. The average Bonchev–Trinajstić information content (AvgIpc) is 3.40. The molecular weight excluding hydrogens is 476 g/mol. The number of benzene rings is 3. The molecule has 0 radical (unpaired) electrons. The van der Waals surface area contributed by atoms with E-state index >= 15 is 0 Å². The number of thiophene rings is 1. The molecule has 0 unspecified atom stereocenters. The van der Waals surface area contributed by atoms with Gasteiger partial charge in [-0.05, 0) is 71.2 Å². The van der Waals surface area contributed by atoms with Gasteiger partial charge in [-0.1, -0.05) is 81.4 Å². The minimum atomic E-state index is 0.200. The van der Waals surface area contributed by atoms with Crippen molar-refractivity contribution in [2.45, 2.75) is 46.0 Å². The fourth-order valence-corrected chi connectivity index (χ4v) is 5.29. The molecule has 4 rings (SSSR count). The molecule has 0 aliphatic heterocycles. The Kier molecular flexibility index (Phi) is 9.19. The van der Waals surface area contributed by atoms with Crippen molar-refractivity contribution in [2.24, 2.45) is 5.92 Å². The van der Waals surface area contributed by atoms with E-state index in [1.165, 1.54) is 16.7 Å². The van der Waals surface area contributed by atoms with Crippen molar-refractivity contribution in [1.82, 2.24) is 0 Å². The quantitative estimate of drug-likeness (QED) is 0.178. The first-order valence-corrected chi connectivity index (χ1v) is 13.8. The summed E-state index contributed by atoms with van der Waals surface area (Å²) in [6, 6.07) is 29.0. The lowest BCUT2D eigenvalue weighted by Gasteiger charge is -2.13. The van der Waals surface area contributed by atoms with Gasteiger partial charge in [0.15, 0.2) is 17.3 Å². The van der Waals surface area contributed by atoms with Crippen molar-refractivity contribution >= 4 is 17.1 Å². The standard InChI is InChI=1S/C33H36O3S/c1-23(2)17-18-36-31-22-26(13-14-30(31)35-4)20-25-9-8-12-28(21-25)32-15-16-33(37-32)29(34)19-24(3)27-10-6-5-7-11-27/h5-16,21-24H,17-20H2,1-4H3/t24-/m0/s1. The number of ether oxygens (including phenoxy) is 2. The first-order valence-electron chi connectivity index (χ1n) is 13.0. The van der Waals surface area contributed by atoms with E-state index in [0.717, 1.165) is 39.7 Å². The van der Waals surface area contributed by atoms with Gasteiger partial charge in [0.05, 0.1) is 18.6 Å². The highest BCUT2D eigenvalue weighted by Gasteiger charge is 2.16. The number of carbonyl (C=O) groups excluding carboxylic acids is 1. The molecule has 1 aromatic heterocycles. The van der Waals surface area contributed by atoms with Crippen molar-refractivity contribution in [2.75, 3.05) is 13.7 Å². The van der Waals surface area contributed by atoms with Crippen molar-refractivity contribution in [3.63, 3.8) is 0 Å². The summed E-state index contributed by atoms with van der Waals surface area (Å²) in [7, 11) is 1.68. The van der Waals surface area contributed by atoms with Crippen LogP contribution in [0.25, 0.3) is 10.4 Å². The van der Waals surface area contributed by atoms with E-state index in [2.05, 4.69) is 75.4 Å².